The van der Waals surface area contributed by atoms with Gasteiger partial charge in [-0.3, -0.25) is 0 Å². The zero-order valence-corrected chi connectivity index (χ0v) is 17.0. The predicted molar refractivity (Wildman–Crippen MR) is 107 cm³/mol. The standard InChI is InChI=1S/C22H36O3/c1-8-22(7,15-10-12-19(4)5)25-17-21(23)24-16-14-20(6)13-9-11-18(2)3/h8,11-12,14H,1,9-10,13,15-17H2,2-7H3/b20-14+. The molecule has 0 bridgehead atoms. The van der Waals surface area contributed by atoms with E-state index in [1.165, 1.54) is 16.7 Å². The monoisotopic (exact) mass is 348 g/mol. The van der Waals surface area contributed by atoms with E-state index in [9.17, 15) is 4.79 Å². The largest absolute Gasteiger partial charge is 0.460 e. The van der Waals surface area contributed by atoms with Crippen LogP contribution in [0.3, 0.4) is 0 Å². The summed E-state index contributed by atoms with van der Waals surface area (Å²) in [5, 5.41) is 0. The summed E-state index contributed by atoms with van der Waals surface area (Å²) in [4.78, 5) is 11.8. The molecule has 0 aliphatic heterocycles. The Morgan fingerprint density at radius 2 is 1.60 bits per heavy atom. The molecule has 0 aromatic carbocycles. The second-order valence-corrected chi connectivity index (χ2v) is 7.18. The van der Waals surface area contributed by atoms with Crippen LogP contribution >= 0.6 is 0 Å². The summed E-state index contributed by atoms with van der Waals surface area (Å²) >= 11 is 0. The van der Waals surface area contributed by atoms with Gasteiger partial charge in [0.05, 0.1) is 5.60 Å². The molecule has 142 valence electrons. The Morgan fingerprint density at radius 1 is 1.00 bits per heavy atom. The lowest BCUT2D eigenvalue weighted by Crippen LogP contribution is -2.29. The predicted octanol–water partition coefficient (Wildman–Crippen LogP) is 5.93. The van der Waals surface area contributed by atoms with Crippen molar-refractivity contribution in [2.75, 3.05) is 13.2 Å². The third kappa shape index (κ3) is 13.4. The van der Waals surface area contributed by atoms with Gasteiger partial charge in [0.2, 0.25) is 0 Å². The molecule has 0 heterocycles. The van der Waals surface area contributed by atoms with Crippen LogP contribution < -0.4 is 0 Å². The van der Waals surface area contributed by atoms with Gasteiger partial charge < -0.3 is 9.47 Å². The van der Waals surface area contributed by atoms with Crippen LogP contribution in [0, 0.1) is 0 Å². The van der Waals surface area contributed by atoms with Gasteiger partial charge >= 0.3 is 5.97 Å². The van der Waals surface area contributed by atoms with Gasteiger partial charge in [-0.05, 0) is 73.3 Å². The minimum absolute atomic E-state index is 0.0536. The molecule has 0 aromatic rings. The Labute approximate surface area is 154 Å². The molecule has 0 saturated carbocycles. The number of rotatable bonds is 12. The smallest absolute Gasteiger partial charge is 0.332 e. The summed E-state index contributed by atoms with van der Waals surface area (Å²) in [5.74, 6) is -0.344. The van der Waals surface area contributed by atoms with Crippen molar-refractivity contribution in [1.29, 1.82) is 0 Å². The van der Waals surface area contributed by atoms with Crippen molar-refractivity contribution in [1.82, 2.24) is 0 Å². The van der Waals surface area contributed by atoms with Gasteiger partial charge in [0.1, 0.15) is 13.2 Å². The molecule has 0 aromatic heterocycles. The molecule has 0 rings (SSSR count). The highest BCUT2D eigenvalue weighted by Crippen LogP contribution is 2.20. The molecule has 0 aliphatic rings. The van der Waals surface area contributed by atoms with Gasteiger partial charge in [-0.25, -0.2) is 4.79 Å². The molecule has 0 amide bonds. The lowest BCUT2D eigenvalue weighted by atomic mass is 9.99. The van der Waals surface area contributed by atoms with E-state index in [2.05, 4.69) is 53.3 Å². The highest BCUT2D eigenvalue weighted by Gasteiger charge is 2.21. The topological polar surface area (TPSA) is 35.5 Å². The molecule has 1 atom stereocenters. The molecule has 0 saturated heterocycles. The maximum absolute atomic E-state index is 11.8. The molecule has 3 heteroatoms. The Morgan fingerprint density at radius 3 is 2.16 bits per heavy atom. The quantitative estimate of drug-likeness (QED) is 0.324. The van der Waals surface area contributed by atoms with Crippen molar-refractivity contribution in [2.24, 2.45) is 0 Å². The van der Waals surface area contributed by atoms with E-state index in [1.807, 2.05) is 13.0 Å². The maximum atomic E-state index is 11.8. The van der Waals surface area contributed by atoms with Gasteiger partial charge in [-0.15, -0.1) is 6.58 Å². The van der Waals surface area contributed by atoms with Crippen molar-refractivity contribution < 1.29 is 14.3 Å². The number of esters is 1. The Kier molecular flexibility index (Phi) is 11.9. The second kappa shape index (κ2) is 12.7. The van der Waals surface area contributed by atoms with Crippen LogP contribution in [-0.2, 0) is 14.3 Å². The van der Waals surface area contributed by atoms with E-state index in [-0.39, 0.29) is 12.6 Å². The molecular formula is C22H36O3. The Bertz CT molecular complexity index is 503. The molecular weight excluding hydrogens is 312 g/mol. The number of carbonyl (C=O) groups excluding carboxylic acids is 1. The van der Waals surface area contributed by atoms with E-state index in [0.29, 0.717) is 6.61 Å². The molecule has 0 N–H and O–H groups in total. The van der Waals surface area contributed by atoms with E-state index >= 15 is 0 Å². The Hall–Kier alpha value is -1.61. The lowest BCUT2D eigenvalue weighted by molar-refractivity contribution is -0.152. The molecule has 0 fully saturated rings. The van der Waals surface area contributed by atoms with Gasteiger partial charge in [0.25, 0.3) is 0 Å². The van der Waals surface area contributed by atoms with Crippen LogP contribution in [0.1, 0.15) is 67.2 Å². The summed E-state index contributed by atoms with van der Waals surface area (Å²) in [6, 6.07) is 0. The molecule has 25 heavy (non-hydrogen) atoms. The summed E-state index contributed by atoms with van der Waals surface area (Å²) in [6.07, 6.45) is 11.8. The van der Waals surface area contributed by atoms with Gasteiger partial charge in [-0.2, -0.15) is 0 Å². The highest BCUT2D eigenvalue weighted by molar-refractivity contribution is 5.70. The van der Waals surface area contributed by atoms with Crippen LogP contribution in [-0.4, -0.2) is 24.8 Å². The first-order valence-corrected chi connectivity index (χ1v) is 9.04. The average Bonchev–Trinajstić information content (AvgIpc) is 2.52. The number of hydrogen-bond acceptors (Lipinski definition) is 3. The second-order valence-electron chi connectivity index (χ2n) is 7.18. The molecule has 0 spiro atoms. The number of ether oxygens (including phenoxy) is 2. The SMILES string of the molecule is C=CC(C)(CCC=C(C)C)OCC(=O)OC/C=C(\C)CCC=C(C)C. The van der Waals surface area contributed by atoms with Crippen molar-refractivity contribution >= 4 is 5.97 Å². The Balaban J connectivity index is 4.17. The fraction of sp³-hybridized carbons (Fsp3) is 0.591. The first kappa shape index (κ1) is 23.4. The normalized spacial score (nSPS) is 13.6. The van der Waals surface area contributed by atoms with Crippen LogP contribution in [0.25, 0.3) is 0 Å². The number of carbonyl (C=O) groups is 1. The maximum Gasteiger partial charge on any atom is 0.332 e. The van der Waals surface area contributed by atoms with Crippen molar-refractivity contribution in [3.8, 4) is 0 Å². The highest BCUT2D eigenvalue weighted by atomic mass is 16.6. The van der Waals surface area contributed by atoms with E-state index in [4.69, 9.17) is 9.47 Å². The third-order valence-corrected chi connectivity index (χ3v) is 3.91. The van der Waals surface area contributed by atoms with E-state index in [1.54, 1.807) is 6.08 Å². The lowest BCUT2D eigenvalue weighted by Gasteiger charge is -2.25. The van der Waals surface area contributed by atoms with Crippen LogP contribution in [0.4, 0.5) is 0 Å². The fourth-order valence-electron chi connectivity index (χ4n) is 2.11. The van der Waals surface area contributed by atoms with Gasteiger partial charge in [-0.1, -0.05) is 34.9 Å². The fourth-order valence-corrected chi connectivity index (χ4v) is 2.11. The van der Waals surface area contributed by atoms with Crippen LogP contribution in [0.2, 0.25) is 0 Å². The molecule has 0 aliphatic carbocycles. The van der Waals surface area contributed by atoms with Crippen molar-refractivity contribution in [3.63, 3.8) is 0 Å². The average molecular weight is 349 g/mol. The number of hydrogen-bond donors (Lipinski definition) is 0. The number of allylic oxidation sites excluding steroid dienone is 5. The van der Waals surface area contributed by atoms with Gasteiger partial charge in [0, 0.05) is 0 Å². The van der Waals surface area contributed by atoms with Crippen LogP contribution in [0.15, 0.2) is 47.6 Å². The third-order valence-electron chi connectivity index (χ3n) is 3.91. The first-order valence-electron chi connectivity index (χ1n) is 9.04. The van der Waals surface area contributed by atoms with Crippen LogP contribution in [0.5, 0.6) is 0 Å². The van der Waals surface area contributed by atoms with Gasteiger partial charge in [0.15, 0.2) is 0 Å². The van der Waals surface area contributed by atoms with Crippen molar-refractivity contribution in [3.05, 3.63) is 47.6 Å². The molecule has 0 radical (unpaired) electrons. The summed E-state index contributed by atoms with van der Waals surface area (Å²) in [7, 11) is 0. The summed E-state index contributed by atoms with van der Waals surface area (Å²) < 4.78 is 10.9. The minimum Gasteiger partial charge on any atom is -0.460 e. The summed E-state index contributed by atoms with van der Waals surface area (Å²) in [5.41, 5.74) is 3.31. The molecule has 1 unspecified atom stereocenters. The van der Waals surface area contributed by atoms with Crippen molar-refractivity contribution in [2.45, 2.75) is 72.8 Å². The molecule has 3 nitrogen and oxygen atoms in total. The summed E-state index contributed by atoms with van der Waals surface area (Å²) in [6.45, 7) is 16.4. The zero-order valence-electron chi connectivity index (χ0n) is 17.0. The zero-order chi connectivity index (χ0) is 19.3. The first-order chi connectivity index (χ1) is 11.7. The minimum atomic E-state index is -0.513. The van der Waals surface area contributed by atoms with E-state index in [0.717, 1.165) is 25.7 Å². The van der Waals surface area contributed by atoms with E-state index < -0.39 is 5.60 Å².